The number of sulfonamides is 1. The van der Waals surface area contributed by atoms with Gasteiger partial charge in [-0.25, -0.2) is 13.1 Å². The fraction of sp³-hybridized carbons (Fsp3) is 0.500. The van der Waals surface area contributed by atoms with Crippen molar-refractivity contribution in [1.82, 2.24) is 4.72 Å². The zero-order valence-electron chi connectivity index (χ0n) is 10.2. The van der Waals surface area contributed by atoms with Gasteiger partial charge in [-0.3, -0.25) is 0 Å². The molecule has 0 unspecified atom stereocenters. The van der Waals surface area contributed by atoms with Crippen LogP contribution in [0.25, 0.3) is 0 Å². The van der Waals surface area contributed by atoms with Crippen LogP contribution in [-0.2, 0) is 10.0 Å². The molecule has 0 atom stereocenters. The van der Waals surface area contributed by atoms with Crippen LogP contribution in [0.3, 0.4) is 0 Å². The average Bonchev–Trinajstić information content (AvgIpc) is 2.24. The molecule has 1 rings (SSSR count). The first-order valence-corrected chi connectivity index (χ1v) is 7.59. The number of nitrogens with one attached hydrogen (secondary N) is 1. The Morgan fingerprint density at radius 1 is 1.29 bits per heavy atom. The molecule has 0 fully saturated rings. The predicted octanol–water partition coefficient (Wildman–Crippen LogP) is 3.12. The molecule has 0 aliphatic heterocycles. The zero-order chi connectivity index (χ0) is 12.9. The molecule has 1 aromatic carbocycles. The van der Waals surface area contributed by atoms with Crippen LogP contribution in [0.4, 0.5) is 0 Å². The van der Waals surface area contributed by atoms with Crippen molar-refractivity contribution in [3.8, 4) is 0 Å². The van der Waals surface area contributed by atoms with Gasteiger partial charge in [0.1, 0.15) is 0 Å². The molecule has 0 radical (unpaired) electrons. The number of halogens is 1. The van der Waals surface area contributed by atoms with E-state index >= 15 is 0 Å². The number of aryl methyl sites for hydroxylation is 1. The molecule has 0 spiro atoms. The summed E-state index contributed by atoms with van der Waals surface area (Å²) in [4.78, 5) is 0.304. The molecule has 0 saturated carbocycles. The van der Waals surface area contributed by atoms with Crippen LogP contribution in [0.15, 0.2) is 23.1 Å². The van der Waals surface area contributed by atoms with Gasteiger partial charge in [-0.15, -0.1) is 0 Å². The van der Waals surface area contributed by atoms with Crippen molar-refractivity contribution >= 4 is 21.6 Å². The van der Waals surface area contributed by atoms with Crippen molar-refractivity contribution in [2.24, 2.45) is 0 Å². The van der Waals surface area contributed by atoms with Crippen molar-refractivity contribution < 1.29 is 8.42 Å². The minimum Gasteiger partial charge on any atom is -0.211 e. The highest BCUT2D eigenvalue weighted by atomic mass is 35.5. The molecule has 0 aliphatic rings. The van der Waals surface area contributed by atoms with Gasteiger partial charge in [-0.05, 0) is 37.1 Å². The summed E-state index contributed by atoms with van der Waals surface area (Å²) in [5.74, 6) is 0. The molecular formula is C12H18ClNO2S. The second-order valence-electron chi connectivity index (χ2n) is 4.01. The van der Waals surface area contributed by atoms with Crippen molar-refractivity contribution in [3.63, 3.8) is 0 Å². The van der Waals surface area contributed by atoms with Gasteiger partial charge in [0.15, 0.2) is 0 Å². The maximum absolute atomic E-state index is 12.0. The van der Waals surface area contributed by atoms with E-state index in [1.54, 1.807) is 25.1 Å². The van der Waals surface area contributed by atoms with Gasteiger partial charge in [0.25, 0.3) is 0 Å². The lowest BCUT2D eigenvalue weighted by Gasteiger charge is -2.09. The minimum atomic E-state index is -3.40. The molecule has 0 bridgehead atoms. The first kappa shape index (κ1) is 14.5. The Hall–Kier alpha value is -0.580. The van der Waals surface area contributed by atoms with Crippen LogP contribution in [0.5, 0.6) is 0 Å². The Morgan fingerprint density at radius 2 is 2.00 bits per heavy atom. The maximum atomic E-state index is 12.0. The van der Waals surface area contributed by atoms with Crippen molar-refractivity contribution in [2.45, 2.75) is 38.0 Å². The molecule has 5 heteroatoms. The summed E-state index contributed by atoms with van der Waals surface area (Å²) in [5, 5.41) is 0.549. The van der Waals surface area contributed by atoms with Gasteiger partial charge in [0.2, 0.25) is 10.0 Å². The summed E-state index contributed by atoms with van der Waals surface area (Å²) in [6.45, 7) is 4.31. The number of hydrogen-bond donors (Lipinski definition) is 1. The highest BCUT2D eigenvalue weighted by molar-refractivity contribution is 7.89. The first-order valence-electron chi connectivity index (χ1n) is 5.73. The SMILES string of the molecule is CCCCCNS(=O)(=O)c1ccc(Cl)cc1C. The fourth-order valence-electron chi connectivity index (χ4n) is 1.57. The third-order valence-corrected chi connectivity index (χ3v) is 4.36. The Labute approximate surface area is 108 Å². The van der Waals surface area contributed by atoms with Gasteiger partial charge < -0.3 is 0 Å². The Kier molecular flexibility index (Phi) is 5.43. The summed E-state index contributed by atoms with van der Waals surface area (Å²) < 4.78 is 26.5. The van der Waals surface area contributed by atoms with E-state index in [-0.39, 0.29) is 0 Å². The van der Waals surface area contributed by atoms with Gasteiger partial charge in [0.05, 0.1) is 4.90 Å². The Morgan fingerprint density at radius 3 is 2.59 bits per heavy atom. The van der Waals surface area contributed by atoms with Crippen molar-refractivity contribution in [3.05, 3.63) is 28.8 Å². The summed E-state index contributed by atoms with van der Waals surface area (Å²) in [7, 11) is -3.40. The Balaban J connectivity index is 2.76. The topological polar surface area (TPSA) is 46.2 Å². The van der Waals surface area contributed by atoms with Gasteiger partial charge in [-0.2, -0.15) is 0 Å². The number of hydrogen-bond acceptors (Lipinski definition) is 2. The lowest BCUT2D eigenvalue weighted by atomic mass is 10.2. The molecule has 1 aromatic rings. The molecule has 0 heterocycles. The molecule has 3 nitrogen and oxygen atoms in total. The third kappa shape index (κ3) is 4.30. The van der Waals surface area contributed by atoms with E-state index in [4.69, 9.17) is 11.6 Å². The van der Waals surface area contributed by atoms with E-state index in [0.29, 0.717) is 22.0 Å². The summed E-state index contributed by atoms with van der Waals surface area (Å²) in [6.07, 6.45) is 2.96. The second kappa shape index (κ2) is 6.38. The van der Waals surface area contributed by atoms with E-state index in [1.165, 1.54) is 0 Å². The molecular weight excluding hydrogens is 258 g/mol. The van der Waals surface area contributed by atoms with E-state index in [9.17, 15) is 8.42 Å². The minimum absolute atomic E-state index is 0.304. The molecule has 0 saturated heterocycles. The second-order valence-corrected chi connectivity index (χ2v) is 6.19. The van der Waals surface area contributed by atoms with Crippen LogP contribution < -0.4 is 4.72 Å². The lowest BCUT2D eigenvalue weighted by Crippen LogP contribution is -2.25. The summed E-state index contributed by atoms with van der Waals surface area (Å²) in [6, 6.07) is 4.79. The van der Waals surface area contributed by atoms with Crippen LogP contribution >= 0.6 is 11.6 Å². The Bertz CT molecular complexity index is 471. The smallest absolute Gasteiger partial charge is 0.211 e. The third-order valence-electron chi connectivity index (χ3n) is 2.50. The molecule has 0 aromatic heterocycles. The first-order chi connectivity index (χ1) is 7.97. The normalized spacial score (nSPS) is 11.7. The van der Waals surface area contributed by atoms with Gasteiger partial charge >= 0.3 is 0 Å². The van der Waals surface area contributed by atoms with Gasteiger partial charge in [-0.1, -0.05) is 31.4 Å². The van der Waals surface area contributed by atoms with E-state index < -0.39 is 10.0 Å². The van der Waals surface area contributed by atoms with Crippen LogP contribution in [0.1, 0.15) is 31.7 Å². The molecule has 0 aliphatic carbocycles. The van der Waals surface area contributed by atoms with E-state index in [2.05, 4.69) is 11.6 Å². The summed E-state index contributed by atoms with van der Waals surface area (Å²) in [5.41, 5.74) is 0.667. The molecule has 1 N–H and O–H groups in total. The van der Waals surface area contributed by atoms with Crippen LogP contribution in [0, 0.1) is 6.92 Å². The number of unbranched alkanes of at least 4 members (excludes halogenated alkanes) is 2. The zero-order valence-corrected chi connectivity index (χ0v) is 11.7. The standard InChI is InChI=1S/C12H18ClNO2S/c1-3-4-5-8-14-17(15,16)12-7-6-11(13)9-10(12)2/h6-7,9,14H,3-5,8H2,1-2H3. The quantitative estimate of drug-likeness (QED) is 0.811. The number of rotatable bonds is 6. The van der Waals surface area contributed by atoms with E-state index in [0.717, 1.165) is 19.3 Å². The largest absolute Gasteiger partial charge is 0.240 e. The predicted molar refractivity (Wildman–Crippen MR) is 70.9 cm³/mol. The van der Waals surface area contributed by atoms with Gasteiger partial charge in [0, 0.05) is 11.6 Å². The molecule has 17 heavy (non-hydrogen) atoms. The number of benzene rings is 1. The maximum Gasteiger partial charge on any atom is 0.240 e. The van der Waals surface area contributed by atoms with Crippen LogP contribution in [0.2, 0.25) is 5.02 Å². The lowest BCUT2D eigenvalue weighted by molar-refractivity contribution is 0.575. The van der Waals surface area contributed by atoms with Crippen molar-refractivity contribution in [1.29, 1.82) is 0 Å². The summed E-state index contributed by atoms with van der Waals surface area (Å²) >= 11 is 5.80. The fourth-order valence-corrected chi connectivity index (χ4v) is 3.10. The highest BCUT2D eigenvalue weighted by Gasteiger charge is 2.15. The van der Waals surface area contributed by atoms with Crippen LogP contribution in [-0.4, -0.2) is 15.0 Å². The monoisotopic (exact) mass is 275 g/mol. The van der Waals surface area contributed by atoms with E-state index in [1.807, 2.05) is 0 Å². The van der Waals surface area contributed by atoms with Crippen molar-refractivity contribution in [2.75, 3.05) is 6.54 Å². The highest BCUT2D eigenvalue weighted by Crippen LogP contribution is 2.19. The average molecular weight is 276 g/mol. The molecule has 0 amide bonds. The molecule has 96 valence electrons.